The number of carbonyl (C=O) groups excluding carboxylic acids is 3. The summed E-state index contributed by atoms with van der Waals surface area (Å²) in [7, 11) is 0. The zero-order valence-electron chi connectivity index (χ0n) is 19.1. The molecule has 3 N–H and O–H groups in total. The van der Waals surface area contributed by atoms with Crippen LogP contribution in [-0.4, -0.2) is 30.5 Å². The van der Waals surface area contributed by atoms with E-state index in [0.717, 1.165) is 61.8 Å². The van der Waals surface area contributed by atoms with Crippen LogP contribution >= 0.6 is 0 Å². The molecule has 0 saturated carbocycles. The Bertz CT molecular complexity index is 791. The molecule has 1 amide bonds. The Morgan fingerprint density at radius 3 is 2.75 bits per heavy atom. The molecule has 0 fully saturated rings. The third-order valence-electron chi connectivity index (χ3n) is 5.36. The molecule has 1 atom stereocenters. The number of benzene rings is 1. The first-order valence-corrected chi connectivity index (χ1v) is 11.6. The Balaban J connectivity index is 1.97. The average Bonchev–Trinajstić information content (AvgIpc) is 2.72. The van der Waals surface area contributed by atoms with Crippen molar-refractivity contribution in [2.24, 2.45) is 5.73 Å². The number of primary amides is 1. The molecule has 0 radical (unpaired) electrons. The number of unbranched alkanes of at least 4 members (excludes halogenated alkanes) is 2. The fourth-order valence-electron chi connectivity index (χ4n) is 3.63. The normalized spacial score (nSPS) is 17.0. The van der Waals surface area contributed by atoms with Gasteiger partial charge < -0.3 is 20.5 Å². The summed E-state index contributed by atoms with van der Waals surface area (Å²) >= 11 is 0. The Kier molecular flexibility index (Phi) is 11.3. The van der Waals surface area contributed by atoms with Gasteiger partial charge in [0.25, 0.3) is 0 Å². The number of hydrogen-bond donors (Lipinski definition) is 2. The Morgan fingerprint density at radius 1 is 1.12 bits per heavy atom. The number of hydrogen-bond acceptors (Lipinski definition) is 6. The van der Waals surface area contributed by atoms with E-state index in [1.54, 1.807) is 0 Å². The molecule has 0 aliphatic heterocycles. The van der Waals surface area contributed by atoms with Gasteiger partial charge in [-0.15, -0.1) is 0 Å². The second-order valence-corrected chi connectivity index (χ2v) is 8.25. The topological polar surface area (TPSA) is 108 Å². The minimum absolute atomic E-state index is 0.160. The number of anilines is 1. The highest BCUT2D eigenvalue weighted by Gasteiger charge is 2.15. The molecule has 2 rings (SSSR count). The van der Waals surface area contributed by atoms with Crippen molar-refractivity contribution in [2.75, 3.05) is 11.9 Å². The summed E-state index contributed by atoms with van der Waals surface area (Å²) in [6.45, 7) is 2.25. The SMILES string of the molecule is CC(=O)OCc1ccc(CC(=O)OC2/C=C/CCCCC2)c(NCCCCCC(N)=O)c1. The Morgan fingerprint density at radius 2 is 1.97 bits per heavy atom. The maximum atomic E-state index is 12.6. The molecule has 1 aromatic carbocycles. The fraction of sp³-hybridized carbons (Fsp3) is 0.560. The monoisotopic (exact) mass is 444 g/mol. The predicted molar refractivity (Wildman–Crippen MR) is 124 cm³/mol. The lowest BCUT2D eigenvalue weighted by Gasteiger charge is -2.18. The summed E-state index contributed by atoms with van der Waals surface area (Å²) in [6, 6.07) is 5.65. The molecule has 1 unspecified atom stereocenters. The second kappa shape index (κ2) is 14.3. The van der Waals surface area contributed by atoms with Crippen LogP contribution in [0.25, 0.3) is 0 Å². The van der Waals surface area contributed by atoms with E-state index in [2.05, 4.69) is 11.4 Å². The van der Waals surface area contributed by atoms with Crippen LogP contribution in [0.2, 0.25) is 0 Å². The van der Waals surface area contributed by atoms with Gasteiger partial charge in [0.1, 0.15) is 12.7 Å². The number of rotatable bonds is 12. The van der Waals surface area contributed by atoms with E-state index in [1.807, 2.05) is 24.3 Å². The highest BCUT2D eigenvalue weighted by atomic mass is 16.5. The minimum atomic E-state index is -0.339. The van der Waals surface area contributed by atoms with Gasteiger partial charge in [0.05, 0.1) is 6.42 Å². The van der Waals surface area contributed by atoms with Gasteiger partial charge in [-0.05, 0) is 61.8 Å². The highest BCUT2D eigenvalue weighted by Crippen LogP contribution is 2.21. The summed E-state index contributed by atoms with van der Waals surface area (Å²) in [6.07, 6.45) is 12.3. The van der Waals surface area contributed by atoms with Crippen LogP contribution in [0.5, 0.6) is 0 Å². The van der Waals surface area contributed by atoms with Crippen LogP contribution in [-0.2, 0) is 36.9 Å². The predicted octanol–water partition coefficient (Wildman–Crippen LogP) is 4.18. The van der Waals surface area contributed by atoms with Crippen LogP contribution in [0.1, 0.15) is 75.8 Å². The van der Waals surface area contributed by atoms with E-state index in [-0.39, 0.29) is 37.0 Å². The van der Waals surface area contributed by atoms with Crippen molar-refractivity contribution in [3.63, 3.8) is 0 Å². The molecular weight excluding hydrogens is 408 g/mol. The van der Waals surface area contributed by atoms with Gasteiger partial charge in [0.2, 0.25) is 5.91 Å². The maximum absolute atomic E-state index is 12.6. The molecule has 7 nitrogen and oxygen atoms in total. The number of allylic oxidation sites excluding steroid dienone is 1. The first kappa shape index (κ1) is 25.4. The Hall–Kier alpha value is -2.83. The third kappa shape index (κ3) is 10.5. The van der Waals surface area contributed by atoms with Crippen molar-refractivity contribution < 1.29 is 23.9 Å². The molecule has 0 saturated heterocycles. The molecule has 0 aromatic heterocycles. The fourth-order valence-corrected chi connectivity index (χ4v) is 3.63. The van der Waals surface area contributed by atoms with Crippen molar-refractivity contribution in [1.29, 1.82) is 0 Å². The lowest BCUT2D eigenvalue weighted by atomic mass is 10.0. The van der Waals surface area contributed by atoms with Crippen molar-refractivity contribution >= 4 is 23.5 Å². The van der Waals surface area contributed by atoms with Gasteiger partial charge in [0, 0.05) is 25.6 Å². The minimum Gasteiger partial charge on any atom is -0.461 e. The molecular formula is C25H36N2O5. The van der Waals surface area contributed by atoms with Crippen LogP contribution in [0, 0.1) is 0 Å². The molecule has 0 bridgehead atoms. The summed E-state index contributed by atoms with van der Waals surface area (Å²) in [5, 5.41) is 3.38. The van der Waals surface area contributed by atoms with E-state index < -0.39 is 0 Å². The van der Waals surface area contributed by atoms with Crippen molar-refractivity contribution in [2.45, 2.75) is 83.8 Å². The molecule has 32 heavy (non-hydrogen) atoms. The maximum Gasteiger partial charge on any atom is 0.310 e. The summed E-state index contributed by atoms with van der Waals surface area (Å²) in [5.74, 6) is -0.873. The molecule has 1 aliphatic carbocycles. The number of ether oxygens (including phenoxy) is 2. The average molecular weight is 445 g/mol. The summed E-state index contributed by atoms with van der Waals surface area (Å²) in [5.41, 5.74) is 7.69. The van der Waals surface area contributed by atoms with E-state index in [4.69, 9.17) is 15.2 Å². The van der Waals surface area contributed by atoms with E-state index in [1.165, 1.54) is 13.3 Å². The lowest BCUT2D eigenvalue weighted by Crippen LogP contribution is -2.19. The molecule has 1 aromatic rings. The second-order valence-electron chi connectivity index (χ2n) is 8.25. The van der Waals surface area contributed by atoms with Crippen molar-refractivity contribution in [1.82, 2.24) is 0 Å². The van der Waals surface area contributed by atoms with E-state index >= 15 is 0 Å². The van der Waals surface area contributed by atoms with Gasteiger partial charge in [-0.25, -0.2) is 0 Å². The van der Waals surface area contributed by atoms with Gasteiger partial charge in [-0.2, -0.15) is 0 Å². The highest BCUT2D eigenvalue weighted by molar-refractivity contribution is 5.76. The van der Waals surface area contributed by atoms with Crippen LogP contribution < -0.4 is 11.1 Å². The third-order valence-corrected chi connectivity index (χ3v) is 5.36. The van der Waals surface area contributed by atoms with Gasteiger partial charge in [0.15, 0.2) is 0 Å². The molecule has 176 valence electrons. The summed E-state index contributed by atoms with van der Waals surface area (Å²) in [4.78, 5) is 34.6. The lowest BCUT2D eigenvalue weighted by molar-refractivity contribution is -0.146. The number of carbonyl (C=O) groups is 3. The zero-order valence-corrected chi connectivity index (χ0v) is 19.1. The quantitative estimate of drug-likeness (QED) is 0.284. The molecule has 0 spiro atoms. The van der Waals surface area contributed by atoms with Crippen molar-refractivity contribution in [3.05, 3.63) is 41.5 Å². The largest absolute Gasteiger partial charge is 0.461 e. The number of nitrogens with one attached hydrogen (secondary N) is 1. The van der Waals surface area contributed by atoms with Crippen molar-refractivity contribution in [3.8, 4) is 0 Å². The standard InChI is InChI=1S/C25H36N2O5/c1-19(28)31-18-20-13-14-21(23(16-20)27-15-9-5-8-12-24(26)29)17-25(30)32-22-10-6-3-2-4-7-11-22/h6,10,13-14,16,22,27H,2-5,7-9,11-12,15,17-18H2,1H3,(H2,26,29)/b10-6+. The van der Waals surface area contributed by atoms with Crippen LogP contribution in [0.3, 0.4) is 0 Å². The van der Waals surface area contributed by atoms with Gasteiger partial charge in [-0.1, -0.05) is 31.1 Å². The molecule has 1 aliphatic rings. The number of esters is 2. The smallest absolute Gasteiger partial charge is 0.310 e. The van der Waals surface area contributed by atoms with E-state index in [0.29, 0.717) is 13.0 Å². The number of nitrogens with two attached hydrogens (primary N) is 1. The first-order valence-electron chi connectivity index (χ1n) is 11.6. The van der Waals surface area contributed by atoms with Crippen LogP contribution in [0.15, 0.2) is 30.4 Å². The Labute approximate surface area is 190 Å². The van der Waals surface area contributed by atoms with Gasteiger partial charge in [-0.3, -0.25) is 14.4 Å². The van der Waals surface area contributed by atoms with Gasteiger partial charge >= 0.3 is 11.9 Å². The van der Waals surface area contributed by atoms with E-state index in [9.17, 15) is 14.4 Å². The zero-order chi connectivity index (χ0) is 23.2. The molecule has 0 heterocycles. The summed E-state index contributed by atoms with van der Waals surface area (Å²) < 4.78 is 10.8. The first-order chi connectivity index (χ1) is 15.4. The molecule has 7 heteroatoms. The number of amides is 1. The van der Waals surface area contributed by atoms with Crippen LogP contribution in [0.4, 0.5) is 5.69 Å².